The van der Waals surface area contributed by atoms with Crippen LogP contribution in [-0.2, 0) is 19.5 Å². The van der Waals surface area contributed by atoms with Crippen LogP contribution in [0.3, 0.4) is 0 Å². The molecule has 1 heterocycles. The number of hydrogen-bond donors (Lipinski definition) is 1. The van der Waals surface area contributed by atoms with Gasteiger partial charge in [0.25, 0.3) is 0 Å². The lowest BCUT2D eigenvalue weighted by atomic mass is 10.1. The Labute approximate surface area is 126 Å². The number of halogens is 1. The van der Waals surface area contributed by atoms with Crippen LogP contribution in [0, 0.1) is 0 Å². The third-order valence-electron chi connectivity index (χ3n) is 3.36. The second-order valence-electron chi connectivity index (χ2n) is 4.91. The Morgan fingerprint density at radius 1 is 1.30 bits per heavy atom. The molecule has 20 heavy (non-hydrogen) atoms. The van der Waals surface area contributed by atoms with Crippen molar-refractivity contribution < 1.29 is 0 Å². The molecule has 108 valence electrons. The molecule has 0 saturated heterocycles. The Morgan fingerprint density at radius 3 is 2.85 bits per heavy atom. The molecule has 1 N–H and O–H groups in total. The number of nitrogens with one attached hydrogen (secondary N) is 1. The SMILES string of the molecule is CCCNCc1ccc(Cc2nccn2CC)c(Cl)c1. The Balaban J connectivity index is 2.06. The van der Waals surface area contributed by atoms with Gasteiger partial charge in [0, 0.05) is 36.9 Å². The molecule has 0 atom stereocenters. The zero-order chi connectivity index (χ0) is 14.4. The number of aromatic nitrogens is 2. The molecule has 3 nitrogen and oxygen atoms in total. The fourth-order valence-electron chi connectivity index (χ4n) is 2.22. The molecular formula is C16H22ClN3. The molecule has 1 aromatic heterocycles. The van der Waals surface area contributed by atoms with Crippen molar-refractivity contribution in [2.75, 3.05) is 6.54 Å². The van der Waals surface area contributed by atoms with Crippen molar-refractivity contribution in [2.24, 2.45) is 0 Å². The molecule has 0 radical (unpaired) electrons. The van der Waals surface area contributed by atoms with Crippen LogP contribution in [0.25, 0.3) is 0 Å². The van der Waals surface area contributed by atoms with Crippen molar-refractivity contribution in [2.45, 2.75) is 39.8 Å². The van der Waals surface area contributed by atoms with Crippen LogP contribution < -0.4 is 5.32 Å². The van der Waals surface area contributed by atoms with E-state index < -0.39 is 0 Å². The predicted octanol–water partition coefficient (Wildman–Crippen LogP) is 3.65. The van der Waals surface area contributed by atoms with E-state index in [1.807, 2.05) is 12.4 Å². The van der Waals surface area contributed by atoms with Crippen LogP contribution in [0.4, 0.5) is 0 Å². The first-order chi connectivity index (χ1) is 9.74. The molecule has 0 bridgehead atoms. The van der Waals surface area contributed by atoms with Gasteiger partial charge in [0.15, 0.2) is 0 Å². The van der Waals surface area contributed by atoms with E-state index in [2.05, 4.69) is 46.9 Å². The average Bonchev–Trinajstić information content (AvgIpc) is 2.89. The second kappa shape index (κ2) is 7.46. The minimum Gasteiger partial charge on any atom is -0.335 e. The van der Waals surface area contributed by atoms with Gasteiger partial charge in [-0.2, -0.15) is 0 Å². The highest BCUT2D eigenvalue weighted by Gasteiger charge is 2.07. The summed E-state index contributed by atoms with van der Waals surface area (Å²) >= 11 is 6.39. The maximum atomic E-state index is 6.39. The van der Waals surface area contributed by atoms with Crippen molar-refractivity contribution in [3.05, 3.63) is 52.6 Å². The maximum absolute atomic E-state index is 6.39. The topological polar surface area (TPSA) is 29.9 Å². The first kappa shape index (κ1) is 15.1. The standard InChI is InChI=1S/C16H22ClN3/c1-3-7-18-12-13-5-6-14(15(17)10-13)11-16-19-8-9-20(16)4-2/h5-6,8-10,18H,3-4,7,11-12H2,1-2H3. The lowest BCUT2D eigenvalue weighted by Gasteiger charge is -2.09. The highest BCUT2D eigenvalue weighted by Crippen LogP contribution is 2.20. The van der Waals surface area contributed by atoms with Crippen LogP contribution >= 0.6 is 11.6 Å². The lowest BCUT2D eigenvalue weighted by Crippen LogP contribution is -2.13. The Kier molecular flexibility index (Phi) is 5.62. The van der Waals surface area contributed by atoms with Gasteiger partial charge in [-0.15, -0.1) is 0 Å². The normalized spacial score (nSPS) is 10.9. The number of hydrogen-bond acceptors (Lipinski definition) is 2. The van der Waals surface area contributed by atoms with Crippen LogP contribution in [0.5, 0.6) is 0 Å². The molecule has 0 unspecified atom stereocenters. The highest BCUT2D eigenvalue weighted by molar-refractivity contribution is 6.31. The smallest absolute Gasteiger partial charge is 0.113 e. The molecule has 2 rings (SSSR count). The zero-order valence-electron chi connectivity index (χ0n) is 12.2. The molecule has 0 fully saturated rings. The predicted molar refractivity (Wildman–Crippen MR) is 84.2 cm³/mol. The van der Waals surface area contributed by atoms with Gasteiger partial charge in [-0.05, 0) is 37.1 Å². The summed E-state index contributed by atoms with van der Waals surface area (Å²) in [4.78, 5) is 4.40. The van der Waals surface area contributed by atoms with Crippen molar-refractivity contribution in [3.8, 4) is 0 Å². The second-order valence-corrected chi connectivity index (χ2v) is 5.32. The van der Waals surface area contributed by atoms with Gasteiger partial charge in [0.05, 0.1) is 0 Å². The van der Waals surface area contributed by atoms with E-state index in [1.165, 1.54) is 5.56 Å². The monoisotopic (exact) mass is 291 g/mol. The summed E-state index contributed by atoms with van der Waals surface area (Å²) in [6, 6.07) is 6.31. The van der Waals surface area contributed by atoms with Gasteiger partial charge in [-0.1, -0.05) is 30.7 Å². The number of aryl methyl sites for hydroxylation is 1. The van der Waals surface area contributed by atoms with Gasteiger partial charge >= 0.3 is 0 Å². The van der Waals surface area contributed by atoms with Crippen molar-refractivity contribution in [1.82, 2.24) is 14.9 Å². The molecule has 0 aliphatic rings. The average molecular weight is 292 g/mol. The van der Waals surface area contributed by atoms with E-state index in [1.54, 1.807) is 0 Å². The quantitative estimate of drug-likeness (QED) is 0.789. The highest BCUT2D eigenvalue weighted by atomic mass is 35.5. The molecule has 0 saturated carbocycles. The first-order valence-corrected chi connectivity index (χ1v) is 7.60. The Morgan fingerprint density at radius 2 is 2.15 bits per heavy atom. The molecule has 0 aliphatic heterocycles. The van der Waals surface area contributed by atoms with Crippen molar-refractivity contribution in [1.29, 1.82) is 0 Å². The first-order valence-electron chi connectivity index (χ1n) is 7.22. The molecule has 0 spiro atoms. The summed E-state index contributed by atoms with van der Waals surface area (Å²) in [7, 11) is 0. The molecule has 0 amide bonds. The fraction of sp³-hybridized carbons (Fsp3) is 0.438. The minimum atomic E-state index is 0.780. The maximum Gasteiger partial charge on any atom is 0.113 e. The third-order valence-corrected chi connectivity index (χ3v) is 3.72. The van der Waals surface area contributed by atoms with E-state index >= 15 is 0 Å². The van der Waals surface area contributed by atoms with Crippen molar-refractivity contribution >= 4 is 11.6 Å². The molecule has 1 aromatic carbocycles. The molecular weight excluding hydrogens is 270 g/mol. The minimum absolute atomic E-state index is 0.780. The van der Waals surface area contributed by atoms with Crippen molar-refractivity contribution in [3.63, 3.8) is 0 Å². The van der Waals surface area contributed by atoms with E-state index in [0.717, 1.165) is 48.9 Å². The molecule has 0 aliphatic carbocycles. The van der Waals surface area contributed by atoms with E-state index in [0.29, 0.717) is 0 Å². The van der Waals surface area contributed by atoms with Crippen LogP contribution in [0.2, 0.25) is 5.02 Å². The van der Waals surface area contributed by atoms with E-state index in [4.69, 9.17) is 11.6 Å². The third kappa shape index (κ3) is 3.84. The molecule has 2 aromatic rings. The van der Waals surface area contributed by atoms with Crippen LogP contribution in [0.1, 0.15) is 37.2 Å². The summed E-state index contributed by atoms with van der Waals surface area (Å²) < 4.78 is 2.15. The van der Waals surface area contributed by atoms with Gasteiger partial charge in [0.1, 0.15) is 5.82 Å². The summed E-state index contributed by atoms with van der Waals surface area (Å²) in [6.07, 6.45) is 5.77. The molecule has 4 heteroatoms. The number of rotatable bonds is 7. The van der Waals surface area contributed by atoms with E-state index in [-0.39, 0.29) is 0 Å². The Bertz CT molecular complexity index is 548. The van der Waals surface area contributed by atoms with Gasteiger partial charge < -0.3 is 9.88 Å². The zero-order valence-corrected chi connectivity index (χ0v) is 13.0. The summed E-state index contributed by atoms with van der Waals surface area (Å²) in [5.74, 6) is 1.06. The van der Waals surface area contributed by atoms with Gasteiger partial charge in [-0.25, -0.2) is 4.98 Å². The Hall–Kier alpha value is -1.32. The van der Waals surface area contributed by atoms with Crippen LogP contribution in [-0.4, -0.2) is 16.1 Å². The van der Waals surface area contributed by atoms with Gasteiger partial charge in [-0.3, -0.25) is 0 Å². The van der Waals surface area contributed by atoms with Crippen LogP contribution in [0.15, 0.2) is 30.6 Å². The summed E-state index contributed by atoms with van der Waals surface area (Å²) in [5, 5.41) is 4.21. The summed E-state index contributed by atoms with van der Waals surface area (Å²) in [5.41, 5.74) is 2.36. The number of benzene rings is 1. The van der Waals surface area contributed by atoms with Gasteiger partial charge in [0.2, 0.25) is 0 Å². The lowest BCUT2D eigenvalue weighted by molar-refractivity contribution is 0.675. The summed E-state index contributed by atoms with van der Waals surface area (Å²) in [6.45, 7) is 7.13. The number of imidazole rings is 1. The van der Waals surface area contributed by atoms with E-state index in [9.17, 15) is 0 Å². The fourth-order valence-corrected chi connectivity index (χ4v) is 2.49. The number of nitrogens with zero attached hydrogens (tertiary/aromatic N) is 2. The largest absolute Gasteiger partial charge is 0.335 e.